The number of rotatable bonds is 1. The highest BCUT2D eigenvalue weighted by Crippen LogP contribution is 2.22. The van der Waals surface area contributed by atoms with E-state index in [9.17, 15) is 4.39 Å². The van der Waals surface area contributed by atoms with Crippen LogP contribution in [0.15, 0.2) is 24.3 Å². The molecule has 1 aliphatic heterocycles. The number of nitrogens with one attached hydrogen (secondary N) is 1. The Morgan fingerprint density at radius 2 is 2.27 bits per heavy atom. The van der Waals surface area contributed by atoms with Crippen LogP contribution in [-0.2, 0) is 4.74 Å². The van der Waals surface area contributed by atoms with Crippen molar-refractivity contribution in [3.63, 3.8) is 0 Å². The molecule has 82 valence electrons. The number of morpholine rings is 1. The maximum Gasteiger partial charge on any atom is 0.123 e. The first-order chi connectivity index (χ1) is 7.07. The SMILES string of the molecule is CC1(C)COCC(c2cccc(F)c2)N1. The third-order valence-corrected chi connectivity index (χ3v) is 2.56. The number of benzene rings is 1. The van der Waals surface area contributed by atoms with Crippen molar-refractivity contribution in [2.24, 2.45) is 0 Å². The first-order valence-electron chi connectivity index (χ1n) is 5.18. The molecule has 2 nitrogen and oxygen atoms in total. The van der Waals surface area contributed by atoms with Crippen LogP contribution in [0.1, 0.15) is 25.5 Å². The van der Waals surface area contributed by atoms with Crippen molar-refractivity contribution >= 4 is 0 Å². The molecule has 1 saturated heterocycles. The largest absolute Gasteiger partial charge is 0.378 e. The Morgan fingerprint density at radius 1 is 1.47 bits per heavy atom. The molecule has 0 bridgehead atoms. The van der Waals surface area contributed by atoms with Gasteiger partial charge in [-0.05, 0) is 31.5 Å². The van der Waals surface area contributed by atoms with Crippen LogP contribution in [0.2, 0.25) is 0 Å². The Labute approximate surface area is 89.4 Å². The van der Waals surface area contributed by atoms with Gasteiger partial charge in [-0.15, -0.1) is 0 Å². The minimum atomic E-state index is -0.197. The van der Waals surface area contributed by atoms with Gasteiger partial charge in [0.2, 0.25) is 0 Å². The Kier molecular flexibility index (Phi) is 2.76. The van der Waals surface area contributed by atoms with E-state index >= 15 is 0 Å². The van der Waals surface area contributed by atoms with Crippen molar-refractivity contribution in [1.29, 1.82) is 0 Å². The summed E-state index contributed by atoms with van der Waals surface area (Å²) in [5.74, 6) is -0.197. The number of ether oxygens (including phenoxy) is 1. The summed E-state index contributed by atoms with van der Waals surface area (Å²) in [7, 11) is 0. The van der Waals surface area contributed by atoms with E-state index in [-0.39, 0.29) is 17.4 Å². The van der Waals surface area contributed by atoms with Crippen LogP contribution in [0.4, 0.5) is 4.39 Å². The second kappa shape index (κ2) is 3.91. The molecule has 3 heteroatoms. The second-order valence-electron chi connectivity index (χ2n) is 4.65. The molecular weight excluding hydrogens is 193 g/mol. The van der Waals surface area contributed by atoms with Crippen LogP contribution in [0, 0.1) is 5.82 Å². The zero-order valence-corrected chi connectivity index (χ0v) is 9.09. The maximum absolute atomic E-state index is 13.0. The lowest BCUT2D eigenvalue weighted by Crippen LogP contribution is -2.51. The Hall–Kier alpha value is -0.930. The van der Waals surface area contributed by atoms with Gasteiger partial charge in [-0.3, -0.25) is 0 Å². The maximum atomic E-state index is 13.0. The lowest BCUT2D eigenvalue weighted by molar-refractivity contribution is 0.0127. The molecule has 1 unspecified atom stereocenters. The Morgan fingerprint density at radius 3 is 2.93 bits per heavy atom. The van der Waals surface area contributed by atoms with Gasteiger partial charge < -0.3 is 10.1 Å². The minimum Gasteiger partial charge on any atom is -0.378 e. The minimum absolute atomic E-state index is 0.0464. The lowest BCUT2D eigenvalue weighted by Gasteiger charge is -2.37. The molecule has 0 saturated carbocycles. The summed E-state index contributed by atoms with van der Waals surface area (Å²) in [6, 6.07) is 6.75. The van der Waals surface area contributed by atoms with Crippen LogP contribution < -0.4 is 5.32 Å². The summed E-state index contributed by atoms with van der Waals surface area (Å²) in [6.45, 7) is 5.46. The zero-order valence-electron chi connectivity index (χ0n) is 9.09. The van der Waals surface area contributed by atoms with Crippen LogP contribution in [-0.4, -0.2) is 18.8 Å². The third-order valence-electron chi connectivity index (χ3n) is 2.56. The fraction of sp³-hybridized carbons (Fsp3) is 0.500. The number of hydrogen-bond acceptors (Lipinski definition) is 2. The van der Waals surface area contributed by atoms with Gasteiger partial charge in [0.25, 0.3) is 0 Å². The summed E-state index contributed by atoms with van der Waals surface area (Å²) in [6.07, 6.45) is 0. The molecule has 0 spiro atoms. The molecule has 0 amide bonds. The van der Waals surface area contributed by atoms with Crippen molar-refractivity contribution < 1.29 is 9.13 Å². The molecule has 1 aromatic carbocycles. The van der Waals surface area contributed by atoms with Crippen LogP contribution >= 0.6 is 0 Å². The number of hydrogen-bond donors (Lipinski definition) is 1. The molecule has 0 aliphatic carbocycles. The van der Waals surface area contributed by atoms with E-state index < -0.39 is 0 Å². The van der Waals surface area contributed by atoms with Gasteiger partial charge in [-0.1, -0.05) is 12.1 Å². The molecule has 1 aromatic rings. The van der Waals surface area contributed by atoms with Crippen molar-refractivity contribution in [3.05, 3.63) is 35.6 Å². The molecule has 1 atom stereocenters. The van der Waals surface area contributed by atoms with Gasteiger partial charge in [-0.2, -0.15) is 0 Å². The van der Waals surface area contributed by atoms with Crippen molar-refractivity contribution in [1.82, 2.24) is 5.32 Å². The summed E-state index contributed by atoms with van der Waals surface area (Å²) in [5, 5.41) is 3.44. The number of halogens is 1. The highest BCUT2D eigenvalue weighted by Gasteiger charge is 2.28. The Bertz CT molecular complexity index is 351. The predicted molar refractivity (Wildman–Crippen MR) is 57.2 cm³/mol. The van der Waals surface area contributed by atoms with Gasteiger partial charge in [0.05, 0.1) is 19.3 Å². The van der Waals surface area contributed by atoms with E-state index in [2.05, 4.69) is 19.2 Å². The van der Waals surface area contributed by atoms with Crippen molar-refractivity contribution in [2.45, 2.75) is 25.4 Å². The smallest absolute Gasteiger partial charge is 0.123 e. The average Bonchev–Trinajstić information content (AvgIpc) is 2.16. The molecule has 1 N–H and O–H groups in total. The van der Waals surface area contributed by atoms with Gasteiger partial charge in [0, 0.05) is 5.54 Å². The molecule has 1 aliphatic rings. The predicted octanol–water partition coefficient (Wildman–Crippen LogP) is 2.27. The van der Waals surface area contributed by atoms with Gasteiger partial charge in [0.1, 0.15) is 5.82 Å². The van der Waals surface area contributed by atoms with E-state index in [0.717, 1.165) is 5.56 Å². The Balaban J connectivity index is 2.17. The highest BCUT2D eigenvalue weighted by atomic mass is 19.1. The van der Waals surface area contributed by atoms with Gasteiger partial charge >= 0.3 is 0 Å². The monoisotopic (exact) mass is 209 g/mol. The van der Waals surface area contributed by atoms with E-state index in [1.165, 1.54) is 6.07 Å². The van der Waals surface area contributed by atoms with E-state index in [1.54, 1.807) is 12.1 Å². The fourth-order valence-electron chi connectivity index (χ4n) is 1.89. The quantitative estimate of drug-likeness (QED) is 0.766. The lowest BCUT2D eigenvalue weighted by atomic mass is 9.99. The summed E-state index contributed by atoms with van der Waals surface area (Å²) in [5.41, 5.74) is 0.901. The van der Waals surface area contributed by atoms with Crippen molar-refractivity contribution in [2.75, 3.05) is 13.2 Å². The van der Waals surface area contributed by atoms with Crippen LogP contribution in [0.25, 0.3) is 0 Å². The fourth-order valence-corrected chi connectivity index (χ4v) is 1.89. The molecule has 2 rings (SSSR count). The molecule has 1 fully saturated rings. The molecule has 15 heavy (non-hydrogen) atoms. The molecule has 0 radical (unpaired) electrons. The van der Waals surface area contributed by atoms with E-state index in [0.29, 0.717) is 13.2 Å². The molecule has 0 aromatic heterocycles. The molecular formula is C12H16FNO. The summed E-state index contributed by atoms with van der Waals surface area (Å²) in [4.78, 5) is 0. The van der Waals surface area contributed by atoms with Crippen LogP contribution in [0.3, 0.4) is 0 Å². The zero-order chi connectivity index (χ0) is 10.9. The van der Waals surface area contributed by atoms with Crippen LogP contribution in [0.5, 0.6) is 0 Å². The first-order valence-corrected chi connectivity index (χ1v) is 5.18. The van der Waals surface area contributed by atoms with E-state index in [4.69, 9.17) is 4.74 Å². The highest BCUT2D eigenvalue weighted by molar-refractivity contribution is 5.21. The average molecular weight is 209 g/mol. The standard InChI is InChI=1S/C12H16FNO/c1-12(2)8-15-7-11(14-12)9-4-3-5-10(13)6-9/h3-6,11,14H,7-8H2,1-2H3. The van der Waals surface area contributed by atoms with Crippen molar-refractivity contribution in [3.8, 4) is 0 Å². The third kappa shape index (κ3) is 2.55. The van der Waals surface area contributed by atoms with Gasteiger partial charge in [-0.25, -0.2) is 4.39 Å². The van der Waals surface area contributed by atoms with E-state index in [1.807, 2.05) is 6.07 Å². The molecule has 1 heterocycles. The first kappa shape index (κ1) is 10.6. The summed E-state index contributed by atoms with van der Waals surface area (Å²) >= 11 is 0. The normalized spacial score (nSPS) is 25.1. The van der Waals surface area contributed by atoms with Gasteiger partial charge in [0.15, 0.2) is 0 Å². The topological polar surface area (TPSA) is 21.3 Å². The second-order valence-corrected chi connectivity index (χ2v) is 4.65. The summed E-state index contributed by atoms with van der Waals surface area (Å²) < 4.78 is 18.6.